The Kier molecular flexibility index (Phi) is 6.16. The van der Waals surface area contributed by atoms with Gasteiger partial charge in [-0.1, -0.05) is 141 Å². The van der Waals surface area contributed by atoms with Crippen molar-refractivity contribution in [2.24, 2.45) is 0 Å². The fraction of sp³-hybridized carbons (Fsp3) is 0.0682. The van der Waals surface area contributed by atoms with Crippen molar-refractivity contribution in [2.45, 2.75) is 19.3 Å². The Morgan fingerprint density at radius 1 is 0.404 bits per heavy atom. The lowest BCUT2D eigenvalue weighted by molar-refractivity contribution is 0.661. The van der Waals surface area contributed by atoms with Gasteiger partial charge in [-0.3, -0.25) is 0 Å². The van der Waals surface area contributed by atoms with Crippen LogP contribution in [0.2, 0.25) is 0 Å². The summed E-state index contributed by atoms with van der Waals surface area (Å²) in [6.07, 6.45) is 0. The minimum Gasteiger partial charge on any atom is -0.247 e. The summed E-state index contributed by atoms with van der Waals surface area (Å²) in [6.45, 7) is 4.67. The highest BCUT2D eigenvalue weighted by Crippen LogP contribution is 2.51. The molecule has 0 saturated heterocycles. The first-order valence-electron chi connectivity index (χ1n) is 16.1. The van der Waals surface area contributed by atoms with Crippen LogP contribution in [0.15, 0.2) is 152 Å². The van der Waals surface area contributed by atoms with Gasteiger partial charge in [0.2, 0.25) is 0 Å². The number of nitrogens with zero attached hydrogens (tertiary/aromatic N) is 3. The molecule has 3 heteroatoms. The van der Waals surface area contributed by atoms with Crippen LogP contribution in [0.25, 0.3) is 78.0 Å². The molecule has 0 fully saturated rings. The molecule has 3 nitrogen and oxygen atoms in total. The largest absolute Gasteiger partial charge is 0.247 e. The quantitative estimate of drug-likeness (QED) is 0.188. The Morgan fingerprint density at radius 2 is 1.00 bits per heavy atom. The normalized spacial score (nSPS) is 13.1. The number of para-hydroxylation sites is 1. The van der Waals surface area contributed by atoms with Gasteiger partial charge in [0.1, 0.15) is 0 Å². The highest BCUT2D eigenvalue weighted by atomic mass is 14.9. The average molecular weight is 602 g/mol. The molecule has 0 radical (unpaired) electrons. The second kappa shape index (κ2) is 10.6. The zero-order valence-corrected chi connectivity index (χ0v) is 26.3. The molecule has 222 valence electrons. The lowest BCUT2D eigenvalue weighted by atomic mass is 9.81. The number of rotatable bonds is 4. The van der Waals surface area contributed by atoms with Gasteiger partial charge in [-0.2, -0.15) is 0 Å². The SMILES string of the molecule is CC1(C)c2ccccc2-c2cc3c(cc21)c(-c1ccc(-c2cc(-c4ccccc4)nc(-c4ccccc4)n2)cc1)nc1ccccc13. The number of pyridine rings is 1. The Hall–Kier alpha value is -5.93. The molecule has 0 spiro atoms. The molecular formula is C44H31N3. The van der Waals surface area contributed by atoms with E-state index in [0.717, 1.165) is 44.9 Å². The van der Waals surface area contributed by atoms with E-state index in [9.17, 15) is 0 Å². The van der Waals surface area contributed by atoms with Crippen molar-refractivity contribution in [1.82, 2.24) is 15.0 Å². The minimum atomic E-state index is -0.0905. The first-order valence-corrected chi connectivity index (χ1v) is 16.1. The van der Waals surface area contributed by atoms with E-state index in [0.29, 0.717) is 5.82 Å². The number of benzene rings is 6. The first-order chi connectivity index (χ1) is 23.0. The Labute approximate surface area is 274 Å². The van der Waals surface area contributed by atoms with Crippen molar-refractivity contribution >= 4 is 21.7 Å². The summed E-state index contributed by atoms with van der Waals surface area (Å²) in [4.78, 5) is 15.3. The molecule has 8 aromatic rings. The van der Waals surface area contributed by atoms with Crippen molar-refractivity contribution in [1.29, 1.82) is 0 Å². The maximum absolute atomic E-state index is 5.28. The Bertz CT molecular complexity index is 2410. The molecule has 0 unspecified atom stereocenters. The van der Waals surface area contributed by atoms with Gasteiger partial charge in [-0.25, -0.2) is 15.0 Å². The summed E-state index contributed by atoms with van der Waals surface area (Å²) in [5, 5.41) is 3.59. The zero-order valence-electron chi connectivity index (χ0n) is 26.3. The van der Waals surface area contributed by atoms with E-state index in [1.807, 2.05) is 36.4 Å². The van der Waals surface area contributed by atoms with E-state index in [2.05, 4.69) is 129 Å². The van der Waals surface area contributed by atoms with Crippen LogP contribution in [0.3, 0.4) is 0 Å². The highest BCUT2D eigenvalue weighted by Gasteiger charge is 2.35. The third kappa shape index (κ3) is 4.46. The molecule has 2 heterocycles. The average Bonchev–Trinajstić information content (AvgIpc) is 3.36. The summed E-state index contributed by atoms with van der Waals surface area (Å²) in [7, 11) is 0. The Morgan fingerprint density at radius 3 is 1.74 bits per heavy atom. The van der Waals surface area contributed by atoms with Crippen molar-refractivity contribution < 1.29 is 0 Å². The van der Waals surface area contributed by atoms with Crippen molar-refractivity contribution in [3.8, 4) is 56.3 Å². The second-order valence-electron chi connectivity index (χ2n) is 12.9. The summed E-state index contributed by atoms with van der Waals surface area (Å²) in [5.41, 5.74) is 13.3. The standard InChI is InChI=1S/C44H31N3/c1-44(2)37-19-11-9-17-32(37)35-25-34-33-18-10-12-20-39(33)45-42(36(34)26-38(35)44)30-23-21-29(22-24-30)41-27-40(28-13-5-3-6-14-28)46-43(47-41)31-15-7-4-8-16-31/h3-27H,1-2H3. The van der Waals surface area contributed by atoms with Gasteiger partial charge in [-0.05, 0) is 51.9 Å². The molecular weight excluding hydrogens is 571 g/mol. The van der Waals surface area contributed by atoms with Crippen LogP contribution >= 0.6 is 0 Å². The zero-order chi connectivity index (χ0) is 31.5. The second-order valence-corrected chi connectivity index (χ2v) is 12.9. The van der Waals surface area contributed by atoms with Crippen LogP contribution < -0.4 is 0 Å². The summed E-state index contributed by atoms with van der Waals surface area (Å²) < 4.78 is 0. The van der Waals surface area contributed by atoms with Gasteiger partial charge in [0.05, 0.1) is 22.6 Å². The van der Waals surface area contributed by atoms with Crippen LogP contribution in [0, 0.1) is 0 Å². The number of fused-ring (bicyclic) bond motifs is 6. The van der Waals surface area contributed by atoms with Gasteiger partial charge in [0.15, 0.2) is 5.82 Å². The molecule has 47 heavy (non-hydrogen) atoms. The fourth-order valence-electron chi connectivity index (χ4n) is 7.23. The minimum absolute atomic E-state index is 0.0905. The van der Waals surface area contributed by atoms with Crippen molar-refractivity contribution in [3.05, 3.63) is 163 Å². The number of hydrogen-bond acceptors (Lipinski definition) is 3. The fourth-order valence-corrected chi connectivity index (χ4v) is 7.23. The molecule has 0 saturated carbocycles. The number of aromatic nitrogens is 3. The van der Waals surface area contributed by atoms with E-state index in [-0.39, 0.29) is 5.41 Å². The predicted octanol–water partition coefficient (Wildman–Crippen LogP) is 11.2. The maximum Gasteiger partial charge on any atom is 0.160 e. The van der Waals surface area contributed by atoms with Crippen LogP contribution in [-0.4, -0.2) is 15.0 Å². The molecule has 1 aliphatic carbocycles. The number of hydrogen-bond donors (Lipinski definition) is 0. The smallest absolute Gasteiger partial charge is 0.160 e. The van der Waals surface area contributed by atoms with E-state index in [4.69, 9.17) is 15.0 Å². The Balaban J connectivity index is 1.20. The molecule has 6 aromatic carbocycles. The topological polar surface area (TPSA) is 38.7 Å². The van der Waals surface area contributed by atoms with Crippen LogP contribution in [-0.2, 0) is 5.41 Å². The van der Waals surface area contributed by atoms with Gasteiger partial charge < -0.3 is 0 Å². The van der Waals surface area contributed by atoms with E-state index >= 15 is 0 Å². The van der Waals surface area contributed by atoms with E-state index in [1.54, 1.807) is 0 Å². The summed E-state index contributed by atoms with van der Waals surface area (Å²) in [6, 6.07) is 53.4. The van der Waals surface area contributed by atoms with Gasteiger partial charge in [0, 0.05) is 38.4 Å². The molecule has 0 amide bonds. The van der Waals surface area contributed by atoms with Crippen molar-refractivity contribution in [3.63, 3.8) is 0 Å². The molecule has 0 aliphatic heterocycles. The molecule has 0 N–H and O–H groups in total. The third-order valence-electron chi connectivity index (χ3n) is 9.69. The lowest BCUT2D eigenvalue weighted by Crippen LogP contribution is -2.14. The van der Waals surface area contributed by atoms with E-state index in [1.165, 1.54) is 38.4 Å². The third-order valence-corrected chi connectivity index (χ3v) is 9.69. The maximum atomic E-state index is 5.28. The van der Waals surface area contributed by atoms with Gasteiger partial charge in [-0.15, -0.1) is 0 Å². The van der Waals surface area contributed by atoms with E-state index < -0.39 is 0 Å². The van der Waals surface area contributed by atoms with Crippen LogP contribution in [0.5, 0.6) is 0 Å². The first kappa shape index (κ1) is 27.4. The van der Waals surface area contributed by atoms with Crippen molar-refractivity contribution in [2.75, 3.05) is 0 Å². The molecule has 0 bridgehead atoms. The molecule has 0 atom stereocenters. The molecule has 2 aromatic heterocycles. The van der Waals surface area contributed by atoms with Crippen LogP contribution in [0.1, 0.15) is 25.0 Å². The summed E-state index contributed by atoms with van der Waals surface area (Å²) in [5.74, 6) is 0.714. The molecule has 9 rings (SSSR count). The summed E-state index contributed by atoms with van der Waals surface area (Å²) >= 11 is 0. The van der Waals surface area contributed by atoms with Gasteiger partial charge >= 0.3 is 0 Å². The predicted molar refractivity (Wildman–Crippen MR) is 194 cm³/mol. The van der Waals surface area contributed by atoms with Gasteiger partial charge in [0.25, 0.3) is 0 Å². The van der Waals surface area contributed by atoms with Crippen LogP contribution in [0.4, 0.5) is 0 Å². The lowest BCUT2D eigenvalue weighted by Gasteiger charge is -2.22. The monoisotopic (exact) mass is 601 g/mol. The molecule has 1 aliphatic rings. The highest BCUT2D eigenvalue weighted by molar-refractivity contribution is 6.13.